The van der Waals surface area contributed by atoms with Gasteiger partial charge in [0.15, 0.2) is 0 Å². The maximum absolute atomic E-state index is 11.5. The summed E-state index contributed by atoms with van der Waals surface area (Å²) in [6.07, 6.45) is 1.50. The Hall–Kier alpha value is -1.55. The molecule has 0 aliphatic rings. The second-order valence-corrected chi connectivity index (χ2v) is 4.51. The largest absolute Gasteiger partial charge is 0.493 e. The van der Waals surface area contributed by atoms with Crippen LogP contribution in [0.2, 0.25) is 0 Å². The number of aryl methyl sites for hydroxylation is 1. The molecule has 0 aromatic heterocycles. The van der Waals surface area contributed by atoms with Crippen molar-refractivity contribution < 1.29 is 9.53 Å². The van der Waals surface area contributed by atoms with Crippen LogP contribution in [-0.2, 0) is 4.79 Å². The second-order valence-electron chi connectivity index (χ2n) is 4.51. The van der Waals surface area contributed by atoms with E-state index in [4.69, 9.17) is 4.74 Å². The maximum Gasteiger partial charge on any atom is 0.223 e. The van der Waals surface area contributed by atoms with Gasteiger partial charge in [-0.1, -0.05) is 19.1 Å². The Morgan fingerprint density at radius 2 is 2.11 bits per heavy atom. The van der Waals surface area contributed by atoms with E-state index in [1.165, 1.54) is 0 Å². The van der Waals surface area contributed by atoms with E-state index in [2.05, 4.69) is 17.6 Å². The van der Waals surface area contributed by atoms with E-state index >= 15 is 0 Å². The van der Waals surface area contributed by atoms with E-state index < -0.39 is 0 Å². The summed E-state index contributed by atoms with van der Waals surface area (Å²) in [5.74, 6) is 0.850. The molecule has 106 valence electrons. The highest BCUT2D eigenvalue weighted by Crippen LogP contribution is 2.12. The molecule has 2 N–H and O–H groups in total. The molecule has 1 amide bonds. The SMILES string of the molecule is CCCNCCNC(=O)CCOc1cccc(C)c1. The van der Waals surface area contributed by atoms with Gasteiger partial charge in [0.2, 0.25) is 5.91 Å². The minimum absolute atomic E-state index is 0.0333. The summed E-state index contributed by atoms with van der Waals surface area (Å²) in [5.41, 5.74) is 1.16. The van der Waals surface area contributed by atoms with Crippen LogP contribution in [0.1, 0.15) is 25.3 Å². The fraction of sp³-hybridized carbons (Fsp3) is 0.533. The fourth-order valence-corrected chi connectivity index (χ4v) is 1.65. The van der Waals surface area contributed by atoms with Gasteiger partial charge in [0.1, 0.15) is 5.75 Å². The Morgan fingerprint density at radius 1 is 1.26 bits per heavy atom. The fourth-order valence-electron chi connectivity index (χ4n) is 1.65. The van der Waals surface area contributed by atoms with Crippen LogP contribution in [0.5, 0.6) is 5.75 Å². The minimum atomic E-state index is 0.0333. The predicted octanol–water partition coefficient (Wildman–Crippen LogP) is 1.88. The number of hydrogen-bond acceptors (Lipinski definition) is 3. The smallest absolute Gasteiger partial charge is 0.223 e. The van der Waals surface area contributed by atoms with Crippen molar-refractivity contribution >= 4 is 5.91 Å². The lowest BCUT2D eigenvalue weighted by atomic mass is 10.2. The second kappa shape index (κ2) is 9.39. The van der Waals surface area contributed by atoms with Crippen molar-refractivity contribution in [2.24, 2.45) is 0 Å². The Balaban J connectivity index is 2.07. The van der Waals surface area contributed by atoms with E-state index in [1.807, 2.05) is 31.2 Å². The minimum Gasteiger partial charge on any atom is -0.493 e. The van der Waals surface area contributed by atoms with Crippen molar-refractivity contribution in [3.05, 3.63) is 29.8 Å². The van der Waals surface area contributed by atoms with Crippen LogP contribution >= 0.6 is 0 Å². The third-order valence-corrected chi connectivity index (χ3v) is 2.64. The zero-order chi connectivity index (χ0) is 13.9. The highest BCUT2D eigenvalue weighted by molar-refractivity contribution is 5.75. The quantitative estimate of drug-likeness (QED) is 0.670. The summed E-state index contributed by atoms with van der Waals surface area (Å²) in [6.45, 7) is 7.03. The molecule has 0 saturated heterocycles. The predicted molar refractivity (Wildman–Crippen MR) is 77.5 cm³/mol. The number of benzene rings is 1. The highest BCUT2D eigenvalue weighted by Gasteiger charge is 2.01. The van der Waals surface area contributed by atoms with Crippen molar-refractivity contribution in [3.63, 3.8) is 0 Å². The van der Waals surface area contributed by atoms with Gasteiger partial charge in [0.05, 0.1) is 13.0 Å². The van der Waals surface area contributed by atoms with Gasteiger partial charge < -0.3 is 15.4 Å². The Morgan fingerprint density at radius 3 is 2.84 bits per heavy atom. The standard InChI is InChI=1S/C15H24N2O2/c1-3-8-16-9-10-17-15(18)7-11-19-14-6-4-5-13(2)12-14/h4-6,12,16H,3,7-11H2,1-2H3,(H,17,18). The molecule has 0 bridgehead atoms. The lowest BCUT2D eigenvalue weighted by molar-refractivity contribution is -0.121. The van der Waals surface area contributed by atoms with Crippen molar-refractivity contribution in [1.82, 2.24) is 10.6 Å². The Kier molecular flexibility index (Phi) is 7.66. The average Bonchev–Trinajstić information content (AvgIpc) is 2.38. The van der Waals surface area contributed by atoms with E-state index in [0.29, 0.717) is 19.6 Å². The normalized spacial score (nSPS) is 10.2. The number of carbonyl (C=O) groups is 1. The van der Waals surface area contributed by atoms with Gasteiger partial charge in [-0.25, -0.2) is 0 Å². The van der Waals surface area contributed by atoms with Crippen LogP contribution < -0.4 is 15.4 Å². The number of hydrogen-bond donors (Lipinski definition) is 2. The zero-order valence-corrected chi connectivity index (χ0v) is 11.9. The molecular weight excluding hydrogens is 240 g/mol. The number of ether oxygens (including phenoxy) is 1. The summed E-state index contributed by atoms with van der Waals surface area (Å²) in [6, 6.07) is 7.83. The molecule has 1 aromatic carbocycles. The lowest BCUT2D eigenvalue weighted by Gasteiger charge is -2.08. The van der Waals surface area contributed by atoms with Gasteiger partial charge >= 0.3 is 0 Å². The molecule has 1 aromatic rings. The van der Waals surface area contributed by atoms with Gasteiger partial charge in [-0.3, -0.25) is 4.79 Å². The maximum atomic E-state index is 11.5. The monoisotopic (exact) mass is 264 g/mol. The first-order chi connectivity index (χ1) is 9.22. The first-order valence-corrected chi connectivity index (χ1v) is 6.89. The van der Waals surface area contributed by atoms with Gasteiger partial charge in [-0.15, -0.1) is 0 Å². The Labute approximate surface area is 115 Å². The van der Waals surface area contributed by atoms with Crippen molar-refractivity contribution in [3.8, 4) is 5.75 Å². The van der Waals surface area contributed by atoms with E-state index in [1.54, 1.807) is 0 Å². The summed E-state index contributed by atoms with van der Waals surface area (Å²) in [5, 5.41) is 6.09. The third-order valence-electron chi connectivity index (χ3n) is 2.64. The summed E-state index contributed by atoms with van der Waals surface area (Å²) < 4.78 is 5.53. The molecule has 0 fully saturated rings. The molecule has 0 atom stereocenters. The van der Waals surface area contributed by atoms with Crippen molar-refractivity contribution in [1.29, 1.82) is 0 Å². The summed E-state index contributed by atoms with van der Waals surface area (Å²) >= 11 is 0. The number of amides is 1. The van der Waals surface area contributed by atoms with E-state index in [-0.39, 0.29) is 5.91 Å². The molecule has 0 aliphatic heterocycles. The lowest BCUT2D eigenvalue weighted by Crippen LogP contribution is -2.32. The molecule has 0 heterocycles. The summed E-state index contributed by atoms with van der Waals surface area (Å²) in [7, 11) is 0. The molecule has 0 spiro atoms. The van der Waals surface area contributed by atoms with E-state index in [0.717, 1.165) is 30.8 Å². The zero-order valence-electron chi connectivity index (χ0n) is 11.9. The number of carbonyl (C=O) groups excluding carboxylic acids is 1. The van der Waals surface area contributed by atoms with Crippen LogP contribution in [0.15, 0.2) is 24.3 Å². The van der Waals surface area contributed by atoms with Gasteiger partial charge in [-0.05, 0) is 37.6 Å². The molecule has 0 unspecified atom stereocenters. The molecule has 19 heavy (non-hydrogen) atoms. The molecule has 4 heteroatoms. The van der Waals surface area contributed by atoms with Crippen LogP contribution in [0.25, 0.3) is 0 Å². The first-order valence-electron chi connectivity index (χ1n) is 6.89. The van der Waals surface area contributed by atoms with E-state index in [9.17, 15) is 4.79 Å². The third kappa shape index (κ3) is 7.47. The molecule has 0 radical (unpaired) electrons. The topological polar surface area (TPSA) is 50.4 Å². The van der Waals surface area contributed by atoms with Gasteiger partial charge in [0.25, 0.3) is 0 Å². The number of rotatable bonds is 9. The van der Waals surface area contributed by atoms with Crippen molar-refractivity contribution in [2.45, 2.75) is 26.7 Å². The molecule has 4 nitrogen and oxygen atoms in total. The van der Waals surface area contributed by atoms with Crippen LogP contribution in [-0.4, -0.2) is 32.1 Å². The number of nitrogens with one attached hydrogen (secondary N) is 2. The van der Waals surface area contributed by atoms with Crippen LogP contribution in [0.4, 0.5) is 0 Å². The first kappa shape index (κ1) is 15.5. The average molecular weight is 264 g/mol. The molecule has 0 saturated carbocycles. The Bertz CT molecular complexity index is 380. The van der Waals surface area contributed by atoms with Crippen LogP contribution in [0.3, 0.4) is 0 Å². The summed E-state index contributed by atoms with van der Waals surface area (Å²) in [4.78, 5) is 11.5. The molecular formula is C15H24N2O2. The van der Waals surface area contributed by atoms with Crippen LogP contribution in [0, 0.1) is 6.92 Å². The van der Waals surface area contributed by atoms with Gasteiger partial charge in [0, 0.05) is 13.1 Å². The molecule has 1 rings (SSSR count). The highest BCUT2D eigenvalue weighted by atomic mass is 16.5. The van der Waals surface area contributed by atoms with Crippen molar-refractivity contribution in [2.75, 3.05) is 26.2 Å². The van der Waals surface area contributed by atoms with Gasteiger partial charge in [-0.2, -0.15) is 0 Å². The molecule has 0 aliphatic carbocycles.